The van der Waals surface area contributed by atoms with Crippen LogP contribution in [-0.4, -0.2) is 16.9 Å². The highest BCUT2D eigenvalue weighted by Gasteiger charge is 2.50. The van der Waals surface area contributed by atoms with Gasteiger partial charge in [-0.05, 0) is 24.6 Å². The first-order chi connectivity index (χ1) is 10.8. The summed E-state index contributed by atoms with van der Waals surface area (Å²) >= 11 is 11.9. The Morgan fingerprint density at radius 3 is 2.57 bits per heavy atom. The predicted octanol–water partition coefficient (Wildman–Crippen LogP) is 3.50. The van der Waals surface area contributed by atoms with Gasteiger partial charge in [0.2, 0.25) is 0 Å². The second kappa shape index (κ2) is 5.47. The Kier molecular flexibility index (Phi) is 3.74. The molecular formula is C15H10Cl2FN3O2. The third kappa shape index (κ3) is 2.54. The summed E-state index contributed by atoms with van der Waals surface area (Å²) in [6.45, 7) is 1.54. The van der Waals surface area contributed by atoms with Crippen LogP contribution < -0.4 is 10.2 Å². The molecule has 0 bridgehead atoms. The third-order valence-corrected chi connectivity index (χ3v) is 4.38. The number of carbonyl (C=O) groups is 2. The van der Waals surface area contributed by atoms with Gasteiger partial charge in [-0.3, -0.25) is 9.78 Å². The van der Waals surface area contributed by atoms with E-state index < -0.39 is 23.3 Å². The number of urea groups is 1. The van der Waals surface area contributed by atoms with E-state index in [0.29, 0.717) is 10.6 Å². The van der Waals surface area contributed by atoms with Gasteiger partial charge >= 0.3 is 6.03 Å². The lowest BCUT2D eigenvalue weighted by Gasteiger charge is -2.22. The first kappa shape index (κ1) is 15.7. The van der Waals surface area contributed by atoms with Crippen LogP contribution in [0.1, 0.15) is 12.5 Å². The van der Waals surface area contributed by atoms with E-state index in [1.807, 2.05) is 0 Å². The van der Waals surface area contributed by atoms with Crippen LogP contribution in [0, 0.1) is 5.82 Å². The first-order valence-electron chi connectivity index (χ1n) is 6.56. The Morgan fingerprint density at radius 1 is 1.17 bits per heavy atom. The summed E-state index contributed by atoms with van der Waals surface area (Å²) < 4.78 is 13.3. The number of rotatable bonds is 2. The predicted molar refractivity (Wildman–Crippen MR) is 84.0 cm³/mol. The van der Waals surface area contributed by atoms with E-state index in [2.05, 4.69) is 10.3 Å². The summed E-state index contributed by atoms with van der Waals surface area (Å²) in [6.07, 6.45) is 2.22. The van der Waals surface area contributed by atoms with E-state index in [4.69, 9.17) is 23.2 Å². The molecule has 1 aliphatic rings. The van der Waals surface area contributed by atoms with Gasteiger partial charge in [0.15, 0.2) is 0 Å². The number of benzene rings is 1. The minimum Gasteiger partial charge on any atom is -0.319 e. The molecule has 1 aliphatic heterocycles. The normalized spacial score (nSPS) is 20.8. The Bertz CT molecular complexity index is 830. The zero-order chi connectivity index (χ0) is 16.8. The molecule has 0 radical (unpaired) electrons. The second-order valence-electron chi connectivity index (χ2n) is 5.19. The summed E-state index contributed by atoms with van der Waals surface area (Å²) in [5.41, 5.74) is -0.814. The van der Waals surface area contributed by atoms with Crippen molar-refractivity contribution in [3.8, 4) is 0 Å². The van der Waals surface area contributed by atoms with Gasteiger partial charge in [-0.15, -0.1) is 0 Å². The fourth-order valence-electron chi connectivity index (χ4n) is 2.40. The Labute approximate surface area is 141 Å². The topological polar surface area (TPSA) is 62.3 Å². The van der Waals surface area contributed by atoms with E-state index in [9.17, 15) is 14.0 Å². The molecule has 1 fully saturated rings. The highest BCUT2D eigenvalue weighted by atomic mass is 35.5. The molecule has 1 aromatic carbocycles. The van der Waals surface area contributed by atoms with E-state index >= 15 is 0 Å². The van der Waals surface area contributed by atoms with Crippen molar-refractivity contribution in [2.45, 2.75) is 12.5 Å². The van der Waals surface area contributed by atoms with E-state index in [1.165, 1.54) is 18.3 Å². The Morgan fingerprint density at radius 2 is 1.91 bits per heavy atom. The molecule has 2 heterocycles. The summed E-state index contributed by atoms with van der Waals surface area (Å²) in [5, 5.41) is 3.19. The Balaban J connectivity index is 2.04. The smallest absolute Gasteiger partial charge is 0.319 e. The molecule has 2 aromatic rings. The number of imide groups is 1. The van der Waals surface area contributed by atoms with E-state index in [-0.39, 0.29) is 10.7 Å². The average Bonchev–Trinajstić information content (AvgIpc) is 2.72. The lowest BCUT2D eigenvalue weighted by atomic mass is 9.92. The molecule has 1 unspecified atom stereocenters. The molecule has 0 spiro atoms. The number of nitrogens with one attached hydrogen (secondary N) is 1. The van der Waals surface area contributed by atoms with Crippen molar-refractivity contribution in [2.24, 2.45) is 0 Å². The van der Waals surface area contributed by atoms with Gasteiger partial charge in [0.05, 0.1) is 28.1 Å². The van der Waals surface area contributed by atoms with Gasteiger partial charge < -0.3 is 5.32 Å². The number of hydrogen-bond donors (Lipinski definition) is 1. The molecule has 118 valence electrons. The van der Waals surface area contributed by atoms with Crippen molar-refractivity contribution < 1.29 is 14.0 Å². The quantitative estimate of drug-likeness (QED) is 0.840. The minimum absolute atomic E-state index is 0.0521. The maximum atomic E-state index is 13.3. The highest BCUT2D eigenvalue weighted by Crippen LogP contribution is 2.34. The lowest BCUT2D eigenvalue weighted by Crippen LogP contribution is -2.41. The molecule has 0 saturated carbocycles. The van der Waals surface area contributed by atoms with Crippen LogP contribution in [0.25, 0.3) is 0 Å². The molecule has 5 nitrogen and oxygen atoms in total. The SMILES string of the molecule is CC1(c2ccc(Cl)c(Cl)c2)NC(=O)N(c2cncc(F)c2)C1=O. The maximum Gasteiger partial charge on any atom is 0.330 e. The van der Waals surface area contributed by atoms with Gasteiger partial charge in [0.1, 0.15) is 11.4 Å². The summed E-state index contributed by atoms with van der Waals surface area (Å²) in [6, 6.07) is 5.03. The van der Waals surface area contributed by atoms with Crippen LogP contribution in [-0.2, 0) is 10.3 Å². The molecule has 3 rings (SSSR count). The number of nitrogens with zero attached hydrogens (tertiary/aromatic N) is 2. The van der Waals surface area contributed by atoms with Crippen molar-refractivity contribution in [2.75, 3.05) is 4.90 Å². The van der Waals surface area contributed by atoms with Gasteiger partial charge in [0.25, 0.3) is 5.91 Å². The number of pyridine rings is 1. The Hall–Kier alpha value is -2.18. The zero-order valence-corrected chi connectivity index (χ0v) is 13.3. The summed E-state index contributed by atoms with van der Waals surface area (Å²) in [7, 11) is 0. The van der Waals surface area contributed by atoms with Crippen LogP contribution in [0.3, 0.4) is 0 Å². The molecule has 1 aromatic heterocycles. The largest absolute Gasteiger partial charge is 0.330 e. The summed E-state index contributed by atoms with van der Waals surface area (Å²) in [5.74, 6) is -1.21. The van der Waals surface area contributed by atoms with Gasteiger partial charge in [-0.2, -0.15) is 0 Å². The molecule has 23 heavy (non-hydrogen) atoms. The minimum atomic E-state index is -1.34. The molecule has 1 atom stereocenters. The first-order valence-corrected chi connectivity index (χ1v) is 7.31. The zero-order valence-electron chi connectivity index (χ0n) is 11.8. The number of hydrogen-bond acceptors (Lipinski definition) is 3. The monoisotopic (exact) mass is 353 g/mol. The van der Waals surface area contributed by atoms with Crippen molar-refractivity contribution in [1.82, 2.24) is 10.3 Å². The van der Waals surface area contributed by atoms with Crippen molar-refractivity contribution >= 4 is 40.8 Å². The number of aromatic nitrogens is 1. The van der Waals surface area contributed by atoms with Crippen LogP contribution >= 0.6 is 23.2 Å². The highest BCUT2D eigenvalue weighted by molar-refractivity contribution is 6.42. The number of halogens is 3. The van der Waals surface area contributed by atoms with E-state index in [1.54, 1.807) is 13.0 Å². The lowest BCUT2D eigenvalue weighted by molar-refractivity contribution is -0.121. The number of carbonyl (C=O) groups excluding carboxylic acids is 2. The van der Waals surface area contributed by atoms with Crippen LogP contribution in [0.5, 0.6) is 0 Å². The molecular weight excluding hydrogens is 344 g/mol. The third-order valence-electron chi connectivity index (χ3n) is 3.64. The van der Waals surface area contributed by atoms with Crippen molar-refractivity contribution in [1.29, 1.82) is 0 Å². The molecule has 1 N–H and O–H groups in total. The molecule has 3 amide bonds. The number of anilines is 1. The number of amides is 3. The van der Waals surface area contributed by atoms with Crippen molar-refractivity contribution in [3.05, 3.63) is 58.1 Å². The fourth-order valence-corrected chi connectivity index (χ4v) is 2.70. The average molecular weight is 354 g/mol. The van der Waals surface area contributed by atoms with Crippen LogP contribution in [0.2, 0.25) is 10.0 Å². The van der Waals surface area contributed by atoms with Crippen LogP contribution in [0.4, 0.5) is 14.9 Å². The van der Waals surface area contributed by atoms with E-state index in [0.717, 1.165) is 17.2 Å². The van der Waals surface area contributed by atoms with Crippen molar-refractivity contribution in [3.63, 3.8) is 0 Å². The summed E-state index contributed by atoms with van der Waals surface area (Å²) in [4.78, 5) is 29.5. The van der Waals surface area contributed by atoms with Gasteiger partial charge in [-0.25, -0.2) is 14.1 Å². The molecule has 8 heteroatoms. The van der Waals surface area contributed by atoms with Gasteiger partial charge in [-0.1, -0.05) is 29.3 Å². The fraction of sp³-hybridized carbons (Fsp3) is 0.133. The molecule has 1 saturated heterocycles. The standard InChI is InChI=1S/C15H10Cl2FN3O2/c1-15(8-2-3-11(16)12(17)4-8)13(22)21(14(23)20-15)10-5-9(18)6-19-7-10/h2-7H,1H3,(H,20,23). The van der Waals surface area contributed by atoms with Crippen LogP contribution in [0.15, 0.2) is 36.7 Å². The molecule has 0 aliphatic carbocycles. The van der Waals surface area contributed by atoms with Gasteiger partial charge in [0, 0.05) is 6.07 Å². The maximum absolute atomic E-state index is 13.3. The second-order valence-corrected chi connectivity index (χ2v) is 6.00.